The van der Waals surface area contributed by atoms with Gasteiger partial charge in [0.25, 0.3) is 0 Å². The molecule has 8 heteroatoms. The van der Waals surface area contributed by atoms with Gasteiger partial charge in [0, 0.05) is 26.7 Å². The molecule has 0 aromatic heterocycles. The molecule has 152 valence electrons. The van der Waals surface area contributed by atoms with Gasteiger partial charge >= 0.3 is 6.18 Å². The van der Waals surface area contributed by atoms with E-state index in [2.05, 4.69) is 20.5 Å². The van der Waals surface area contributed by atoms with Crippen LogP contribution in [0.4, 0.5) is 13.2 Å². The van der Waals surface area contributed by atoms with Crippen LogP contribution in [0.3, 0.4) is 0 Å². The van der Waals surface area contributed by atoms with Crippen LogP contribution in [0.1, 0.15) is 38.5 Å². The molecule has 26 heavy (non-hydrogen) atoms. The third kappa shape index (κ3) is 8.58. The lowest BCUT2D eigenvalue weighted by atomic mass is 9.93. The molecule has 2 saturated heterocycles. The Kier molecular flexibility index (Phi) is 8.98. The largest absolute Gasteiger partial charge is 0.401 e. The second kappa shape index (κ2) is 11.0. The molecule has 2 aliphatic rings. The number of hydrogen-bond donors (Lipinski definition) is 2. The molecule has 2 rings (SSSR count). The van der Waals surface area contributed by atoms with Crippen molar-refractivity contribution in [1.29, 1.82) is 0 Å². The summed E-state index contributed by atoms with van der Waals surface area (Å²) in [4.78, 5) is 8.25. The lowest BCUT2D eigenvalue weighted by Crippen LogP contribution is -2.43. The van der Waals surface area contributed by atoms with E-state index in [9.17, 15) is 13.2 Å². The number of guanidine groups is 1. The lowest BCUT2D eigenvalue weighted by molar-refractivity contribution is -0.148. The summed E-state index contributed by atoms with van der Waals surface area (Å²) in [5.41, 5.74) is 0. The van der Waals surface area contributed by atoms with Crippen LogP contribution >= 0.6 is 0 Å². The summed E-state index contributed by atoms with van der Waals surface area (Å²) >= 11 is 0. The Hall–Kier alpha value is -1.02. The fourth-order valence-electron chi connectivity index (χ4n) is 3.82. The molecule has 0 saturated carbocycles. The summed E-state index contributed by atoms with van der Waals surface area (Å²) in [5.74, 6) is 1.31. The molecule has 0 aromatic carbocycles. The van der Waals surface area contributed by atoms with Gasteiger partial charge in [0.15, 0.2) is 5.96 Å². The van der Waals surface area contributed by atoms with Gasteiger partial charge in [0.05, 0.1) is 6.54 Å². The maximum Gasteiger partial charge on any atom is 0.401 e. The van der Waals surface area contributed by atoms with Crippen LogP contribution in [0.25, 0.3) is 0 Å². The molecular formula is C18H34F3N5. The average molecular weight is 377 g/mol. The van der Waals surface area contributed by atoms with Gasteiger partial charge in [-0.2, -0.15) is 13.2 Å². The lowest BCUT2D eigenvalue weighted by Gasteiger charge is -2.32. The molecule has 2 heterocycles. The second-order valence-corrected chi connectivity index (χ2v) is 7.45. The highest BCUT2D eigenvalue weighted by molar-refractivity contribution is 5.79. The number of rotatable bonds is 7. The van der Waals surface area contributed by atoms with Gasteiger partial charge in [-0.25, -0.2) is 0 Å². The fourth-order valence-corrected chi connectivity index (χ4v) is 3.82. The predicted octanol–water partition coefficient (Wildman–Crippen LogP) is 2.30. The molecular weight excluding hydrogens is 343 g/mol. The van der Waals surface area contributed by atoms with Crippen molar-refractivity contribution < 1.29 is 13.2 Å². The van der Waals surface area contributed by atoms with E-state index in [1.165, 1.54) is 37.3 Å². The van der Waals surface area contributed by atoms with E-state index in [1.54, 1.807) is 7.05 Å². The first-order valence-corrected chi connectivity index (χ1v) is 9.92. The third-order valence-corrected chi connectivity index (χ3v) is 5.35. The zero-order valence-electron chi connectivity index (χ0n) is 16.0. The quantitative estimate of drug-likeness (QED) is 0.528. The van der Waals surface area contributed by atoms with E-state index in [0.29, 0.717) is 19.0 Å². The van der Waals surface area contributed by atoms with Crippen LogP contribution < -0.4 is 10.6 Å². The number of likely N-dealkylation sites (tertiary alicyclic amines) is 2. The maximum atomic E-state index is 12.4. The SMILES string of the molecule is CN=C(NCCC1CCN(CC(F)(F)F)CC1)NCCN1CCCCC1. The zero-order valence-corrected chi connectivity index (χ0v) is 16.0. The van der Waals surface area contributed by atoms with Crippen LogP contribution in [-0.4, -0.2) is 81.3 Å². The monoisotopic (exact) mass is 377 g/mol. The maximum absolute atomic E-state index is 12.4. The Labute approximate surface area is 155 Å². The smallest absolute Gasteiger partial charge is 0.356 e. The van der Waals surface area contributed by atoms with E-state index in [-0.39, 0.29) is 0 Å². The molecule has 0 unspecified atom stereocenters. The first kappa shape index (κ1) is 21.3. The fraction of sp³-hybridized carbons (Fsp3) is 0.944. The van der Waals surface area contributed by atoms with Crippen LogP contribution in [-0.2, 0) is 0 Å². The van der Waals surface area contributed by atoms with Crippen LogP contribution in [0, 0.1) is 5.92 Å². The van der Waals surface area contributed by atoms with Gasteiger partial charge in [-0.15, -0.1) is 0 Å². The molecule has 2 N–H and O–H groups in total. The number of piperidine rings is 2. The van der Waals surface area contributed by atoms with Gasteiger partial charge in [-0.1, -0.05) is 6.42 Å². The minimum absolute atomic E-state index is 0.499. The molecule has 2 aliphatic heterocycles. The van der Waals surface area contributed by atoms with E-state index in [1.807, 2.05) is 0 Å². The summed E-state index contributed by atoms with van der Waals surface area (Å²) in [5, 5.41) is 6.68. The summed E-state index contributed by atoms with van der Waals surface area (Å²) in [7, 11) is 1.77. The molecule has 0 atom stereocenters. The van der Waals surface area contributed by atoms with E-state index in [0.717, 1.165) is 44.9 Å². The first-order chi connectivity index (χ1) is 12.5. The normalized spacial score (nSPS) is 21.8. The highest BCUT2D eigenvalue weighted by atomic mass is 19.4. The standard InChI is InChI=1S/C18H34F3N5/c1-22-17(24-9-14-25-10-3-2-4-11-25)23-8-5-16-6-12-26(13-7-16)15-18(19,20)21/h16H,2-15H2,1H3,(H2,22,23,24). The van der Waals surface area contributed by atoms with Crippen molar-refractivity contribution in [3.63, 3.8) is 0 Å². The minimum Gasteiger partial charge on any atom is -0.356 e. The third-order valence-electron chi connectivity index (χ3n) is 5.35. The second-order valence-electron chi connectivity index (χ2n) is 7.45. The van der Waals surface area contributed by atoms with E-state index >= 15 is 0 Å². The predicted molar refractivity (Wildman–Crippen MR) is 99.5 cm³/mol. The zero-order chi connectivity index (χ0) is 18.8. The molecule has 0 spiro atoms. The average Bonchev–Trinajstić information content (AvgIpc) is 2.61. The molecule has 5 nitrogen and oxygen atoms in total. The highest BCUT2D eigenvalue weighted by Crippen LogP contribution is 2.23. The summed E-state index contributed by atoms with van der Waals surface area (Å²) < 4.78 is 37.2. The topological polar surface area (TPSA) is 42.9 Å². The summed E-state index contributed by atoms with van der Waals surface area (Å²) in [6, 6.07) is 0. The Morgan fingerprint density at radius 1 is 0.962 bits per heavy atom. The van der Waals surface area contributed by atoms with Crippen LogP contribution in [0.15, 0.2) is 4.99 Å². The van der Waals surface area contributed by atoms with Crippen molar-refractivity contribution in [1.82, 2.24) is 20.4 Å². The van der Waals surface area contributed by atoms with E-state index in [4.69, 9.17) is 0 Å². The van der Waals surface area contributed by atoms with Crippen molar-refractivity contribution in [2.45, 2.75) is 44.7 Å². The number of hydrogen-bond acceptors (Lipinski definition) is 3. The van der Waals surface area contributed by atoms with Crippen molar-refractivity contribution in [2.24, 2.45) is 10.9 Å². The van der Waals surface area contributed by atoms with Crippen LogP contribution in [0.5, 0.6) is 0 Å². The molecule has 0 aliphatic carbocycles. The van der Waals surface area contributed by atoms with E-state index < -0.39 is 12.7 Å². The van der Waals surface area contributed by atoms with Gasteiger partial charge in [-0.3, -0.25) is 9.89 Å². The summed E-state index contributed by atoms with van der Waals surface area (Å²) in [6.07, 6.45) is 2.54. The van der Waals surface area contributed by atoms with Crippen molar-refractivity contribution in [3.8, 4) is 0 Å². The Balaban J connectivity index is 1.53. The number of halogens is 3. The number of nitrogens with one attached hydrogen (secondary N) is 2. The number of alkyl halides is 3. The Morgan fingerprint density at radius 2 is 1.62 bits per heavy atom. The van der Waals surface area contributed by atoms with Gasteiger partial charge in [-0.05, 0) is 64.2 Å². The molecule has 2 fully saturated rings. The molecule has 0 bridgehead atoms. The number of nitrogens with zero attached hydrogens (tertiary/aromatic N) is 3. The van der Waals surface area contributed by atoms with Crippen molar-refractivity contribution >= 4 is 5.96 Å². The first-order valence-electron chi connectivity index (χ1n) is 9.92. The molecule has 0 radical (unpaired) electrons. The highest BCUT2D eigenvalue weighted by Gasteiger charge is 2.32. The van der Waals surface area contributed by atoms with Gasteiger partial charge in [0.1, 0.15) is 0 Å². The van der Waals surface area contributed by atoms with Crippen LogP contribution in [0.2, 0.25) is 0 Å². The minimum atomic E-state index is -4.08. The molecule has 0 amide bonds. The van der Waals surface area contributed by atoms with Crippen molar-refractivity contribution in [3.05, 3.63) is 0 Å². The van der Waals surface area contributed by atoms with Gasteiger partial charge < -0.3 is 15.5 Å². The number of aliphatic imine (C=N–C) groups is 1. The Morgan fingerprint density at radius 3 is 2.23 bits per heavy atom. The Bertz CT molecular complexity index is 414. The molecule has 0 aromatic rings. The summed E-state index contributed by atoms with van der Waals surface area (Å²) in [6.45, 7) is 5.45. The van der Waals surface area contributed by atoms with Crippen molar-refractivity contribution in [2.75, 3.05) is 59.4 Å². The van der Waals surface area contributed by atoms with Gasteiger partial charge in [0.2, 0.25) is 0 Å².